The van der Waals surface area contributed by atoms with Crippen LogP contribution in [0.1, 0.15) is 10.4 Å². The van der Waals surface area contributed by atoms with Gasteiger partial charge in [0.2, 0.25) is 0 Å². The van der Waals surface area contributed by atoms with E-state index in [0.29, 0.717) is 11.3 Å². The largest absolute Gasteiger partial charge is 0.383 e. The zero-order valence-corrected chi connectivity index (χ0v) is 11.7. The van der Waals surface area contributed by atoms with E-state index < -0.39 is 0 Å². The van der Waals surface area contributed by atoms with Crippen LogP contribution < -0.4 is 11.1 Å². The Morgan fingerprint density at radius 1 is 1.41 bits per heavy atom. The van der Waals surface area contributed by atoms with Crippen molar-refractivity contribution in [2.45, 2.75) is 0 Å². The normalized spacial score (nSPS) is 10.2. The van der Waals surface area contributed by atoms with E-state index in [-0.39, 0.29) is 11.7 Å². The third kappa shape index (κ3) is 2.67. The SMILES string of the molecule is Nc1[nH]ncc1C(=O)Nc1cc(Br)ccc1Br. The maximum absolute atomic E-state index is 11.9. The van der Waals surface area contributed by atoms with Gasteiger partial charge in [-0.25, -0.2) is 0 Å². The highest BCUT2D eigenvalue weighted by Gasteiger charge is 2.13. The highest BCUT2D eigenvalue weighted by Crippen LogP contribution is 2.26. The Bertz CT molecular complexity index is 567. The molecule has 7 heteroatoms. The number of halogens is 2. The molecule has 1 aromatic heterocycles. The molecule has 88 valence electrons. The van der Waals surface area contributed by atoms with Gasteiger partial charge in [-0.1, -0.05) is 15.9 Å². The molecule has 0 fully saturated rings. The monoisotopic (exact) mass is 358 g/mol. The van der Waals surface area contributed by atoms with Crippen molar-refractivity contribution >= 4 is 49.3 Å². The van der Waals surface area contributed by atoms with Crippen molar-refractivity contribution in [3.05, 3.63) is 38.9 Å². The average molecular weight is 360 g/mol. The van der Waals surface area contributed by atoms with Crippen LogP contribution in [-0.4, -0.2) is 16.1 Å². The number of H-pyrrole nitrogens is 1. The highest BCUT2D eigenvalue weighted by atomic mass is 79.9. The van der Waals surface area contributed by atoms with E-state index >= 15 is 0 Å². The maximum atomic E-state index is 11.9. The molecule has 1 amide bonds. The Hall–Kier alpha value is -1.34. The second kappa shape index (κ2) is 4.89. The van der Waals surface area contributed by atoms with E-state index in [9.17, 15) is 4.79 Å². The van der Waals surface area contributed by atoms with Gasteiger partial charge in [0, 0.05) is 8.95 Å². The van der Waals surface area contributed by atoms with E-state index in [1.165, 1.54) is 6.20 Å². The Labute approximate surface area is 114 Å². The van der Waals surface area contributed by atoms with Crippen molar-refractivity contribution in [2.24, 2.45) is 0 Å². The van der Waals surface area contributed by atoms with E-state index in [2.05, 4.69) is 47.4 Å². The molecule has 0 radical (unpaired) electrons. The van der Waals surface area contributed by atoms with Crippen molar-refractivity contribution in [1.29, 1.82) is 0 Å². The van der Waals surface area contributed by atoms with Gasteiger partial charge >= 0.3 is 0 Å². The Kier molecular flexibility index (Phi) is 3.49. The van der Waals surface area contributed by atoms with Gasteiger partial charge in [-0.2, -0.15) is 5.10 Å². The number of anilines is 2. The van der Waals surface area contributed by atoms with Crippen LogP contribution >= 0.6 is 31.9 Å². The van der Waals surface area contributed by atoms with Gasteiger partial charge in [-0.3, -0.25) is 9.89 Å². The van der Waals surface area contributed by atoms with Gasteiger partial charge in [0.05, 0.1) is 11.9 Å². The van der Waals surface area contributed by atoms with Crippen LogP contribution in [0, 0.1) is 0 Å². The fraction of sp³-hybridized carbons (Fsp3) is 0. The molecule has 2 rings (SSSR count). The number of hydrogen-bond donors (Lipinski definition) is 3. The molecule has 0 bridgehead atoms. The lowest BCUT2D eigenvalue weighted by Crippen LogP contribution is -2.13. The first kappa shape index (κ1) is 12.1. The summed E-state index contributed by atoms with van der Waals surface area (Å²) >= 11 is 6.68. The van der Waals surface area contributed by atoms with E-state index in [1.54, 1.807) is 6.07 Å². The third-order valence-corrected chi connectivity index (χ3v) is 3.27. The summed E-state index contributed by atoms with van der Waals surface area (Å²) in [6.45, 7) is 0. The zero-order chi connectivity index (χ0) is 12.4. The van der Waals surface area contributed by atoms with Crippen LogP contribution in [0.4, 0.5) is 11.5 Å². The number of carbonyl (C=O) groups is 1. The number of nitrogens with one attached hydrogen (secondary N) is 2. The summed E-state index contributed by atoms with van der Waals surface area (Å²) in [5, 5.41) is 8.94. The molecule has 0 aliphatic carbocycles. The summed E-state index contributed by atoms with van der Waals surface area (Å²) < 4.78 is 1.66. The van der Waals surface area contributed by atoms with Gasteiger partial charge in [-0.05, 0) is 34.1 Å². The van der Waals surface area contributed by atoms with Crippen LogP contribution in [0.3, 0.4) is 0 Å². The minimum Gasteiger partial charge on any atom is -0.383 e. The number of rotatable bonds is 2. The number of hydrogen-bond acceptors (Lipinski definition) is 3. The van der Waals surface area contributed by atoms with Crippen molar-refractivity contribution < 1.29 is 4.79 Å². The van der Waals surface area contributed by atoms with Crippen LogP contribution in [0.25, 0.3) is 0 Å². The maximum Gasteiger partial charge on any atom is 0.261 e. The van der Waals surface area contributed by atoms with Gasteiger partial charge in [0.15, 0.2) is 0 Å². The molecule has 0 saturated carbocycles. The Morgan fingerprint density at radius 3 is 2.82 bits per heavy atom. The standard InChI is InChI=1S/C10H8Br2N4O/c11-5-1-2-7(12)8(3-5)15-10(17)6-4-14-16-9(6)13/h1-4H,(H,15,17)(H3,13,14,16). The molecule has 0 unspecified atom stereocenters. The molecular formula is C10H8Br2N4O. The number of nitrogens with zero attached hydrogens (tertiary/aromatic N) is 1. The number of benzene rings is 1. The Balaban J connectivity index is 2.24. The van der Waals surface area contributed by atoms with Crippen molar-refractivity contribution in [2.75, 3.05) is 11.1 Å². The summed E-state index contributed by atoms with van der Waals surface area (Å²) in [5.41, 5.74) is 6.54. The lowest BCUT2D eigenvalue weighted by atomic mass is 10.2. The summed E-state index contributed by atoms with van der Waals surface area (Å²) in [4.78, 5) is 11.9. The molecule has 0 atom stereocenters. The quantitative estimate of drug-likeness (QED) is 0.770. The first-order valence-corrected chi connectivity index (χ1v) is 6.22. The lowest BCUT2D eigenvalue weighted by molar-refractivity contribution is 0.102. The molecule has 0 spiro atoms. The molecule has 1 heterocycles. The molecular weight excluding hydrogens is 352 g/mol. The molecule has 4 N–H and O–H groups in total. The van der Waals surface area contributed by atoms with Gasteiger partial charge in [0.1, 0.15) is 11.4 Å². The first-order chi connectivity index (χ1) is 8.08. The number of carbonyl (C=O) groups excluding carboxylic acids is 1. The number of aromatic amines is 1. The summed E-state index contributed by atoms with van der Waals surface area (Å²) in [6, 6.07) is 5.49. The smallest absolute Gasteiger partial charge is 0.261 e. The van der Waals surface area contributed by atoms with Crippen molar-refractivity contribution in [3.63, 3.8) is 0 Å². The van der Waals surface area contributed by atoms with Crippen LogP contribution in [0.2, 0.25) is 0 Å². The van der Waals surface area contributed by atoms with E-state index in [4.69, 9.17) is 5.73 Å². The molecule has 17 heavy (non-hydrogen) atoms. The second-order valence-corrected chi connectivity index (χ2v) is 5.05. The molecule has 1 aromatic carbocycles. The summed E-state index contributed by atoms with van der Waals surface area (Å²) in [7, 11) is 0. The molecule has 0 saturated heterocycles. The molecule has 2 aromatic rings. The lowest BCUT2D eigenvalue weighted by Gasteiger charge is -2.07. The number of nitrogen functional groups attached to an aromatic ring is 1. The van der Waals surface area contributed by atoms with Crippen LogP contribution in [0.5, 0.6) is 0 Å². The molecule has 5 nitrogen and oxygen atoms in total. The first-order valence-electron chi connectivity index (χ1n) is 4.63. The van der Waals surface area contributed by atoms with E-state index in [0.717, 1.165) is 8.95 Å². The van der Waals surface area contributed by atoms with E-state index in [1.807, 2.05) is 12.1 Å². The van der Waals surface area contributed by atoms with Gasteiger partial charge in [-0.15, -0.1) is 0 Å². The minimum absolute atomic E-state index is 0.244. The number of amides is 1. The predicted octanol–water partition coefficient (Wildman–Crippen LogP) is 2.77. The number of aromatic nitrogens is 2. The fourth-order valence-electron chi connectivity index (χ4n) is 1.26. The number of nitrogens with two attached hydrogens (primary N) is 1. The van der Waals surface area contributed by atoms with Crippen molar-refractivity contribution in [3.8, 4) is 0 Å². The predicted molar refractivity (Wildman–Crippen MR) is 72.8 cm³/mol. The molecule has 0 aliphatic rings. The van der Waals surface area contributed by atoms with Crippen molar-refractivity contribution in [1.82, 2.24) is 10.2 Å². The topological polar surface area (TPSA) is 83.8 Å². The fourth-order valence-corrected chi connectivity index (χ4v) is 1.97. The molecule has 0 aliphatic heterocycles. The van der Waals surface area contributed by atoms with Crippen LogP contribution in [0.15, 0.2) is 33.3 Å². The van der Waals surface area contributed by atoms with Gasteiger partial charge in [0.25, 0.3) is 5.91 Å². The third-order valence-electron chi connectivity index (χ3n) is 2.09. The average Bonchev–Trinajstić information content (AvgIpc) is 2.70. The summed E-state index contributed by atoms with van der Waals surface area (Å²) in [5.74, 6) is -0.0660. The van der Waals surface area contributed by atoms with Gasteiger partial charge < -0.3 is 11.1 Å². The Morgan fingerprint density at radius 2 is 2.18 bits per heavy atom. The summed E-state index contributed by atoms with van der Waals surface area (Å²) in [6.07, 6.45) is 1.39. The zero-order valence-electron chi connectivity index (χ0n) is 8.50. The highest BCUT2D eigenvalue weighted by molar-refractivity contribution is 9.11. The minimum atomic E-state index is -0.310. The second-order valence-electron chi connectivity index (χ2n) is 3.28. The van der Waals surface area contributed by atoms with Crippen LogP contribution in [-0.2, 0) is 0 Å².